The van der Waals surface area contributed by atoms with Crippen molar-refractivity contribution in [2.75, 3.05) is 0 Å². The molecule has 5 aliphatic rings. The summed E-state index contributed by atoms with van der Waals surface area (Å²) in [5.74, 6) is 0.348. The van der Waals surface area contributed by atoms with E-state index in [-0.39, 0.29) is 17.1 Å². The van der Waals surface area contributed by atoms with Gasteiger partial charge in [-0.1, -0.05) is 18.1 Å². The lowest BCUT2D eigenvalue weighted by Crippen LogP contribution is -2.56. The smallest absolute Gasteiger partial charge is 0.0947 e. The normalized spacial score (nSPS) is 53.1. The van der Waals surface area contributed by atoms with E-state index in [2.05, 4.69) is 23.0 Å². The number of fused-ring (bicyclic) bond motifs is 1. The van der Waals surface area contributed by atoms with Gasteiger partial charge >= 0.3 is 0 Å². The van der Waals surface area contributed by atoms with E-state index in [1.807, 2.05) is 6.08 Å². The van der Waals surface area contributed by atoms with E-state index in [1.165, 1.54) is 5.57 Å². The van der Waals surface area contributed by atoms with Gasteiger partial charge in [-0.05, 0) is 79.0 Å². The summed E-state index contributed by atoms with van der Waals surface area (Å²) in [5.41, 5.74) is 10.5. The highest BCUT2D eigenvalue weighted by molar-refractivity contribution is 5.47. The van der Waals surface area contributed by atoms with Crippen LogP contribution >= 0.6 is 0 Å². The zero-order chi connectivity index (χ0) is 17.4. The molecule has 1 saturated heterocycles. The van der Waals surface area contributed by atoms with Crippen LogP contribution in [0.3, 0.4) is 0 Å². The van der Waals surface area contributed by atoms with Crippen LogP contribution in [0.4, 0.5) is 0 Å². The summed E-state index contributed by atoms with van der Waals surface area (Å²) in [7, 11) is 0. The Morgan fingerprint density at radius 2 is 2.12 bits per heavy atom. The number of nitrogens with zero attached hydrogens (tertiary/aromatic N) is 3. The van der Waals surface area contributed by atoms with Crippen LogP contribution < -0.4 is 0 Å². The lowest BCUT2D eigenvalue weighted by atomic mass is 9.58. The van der Waals surface area contributed by atoms with E-state index in [0.717, 1.165) is 44.1 Å². The van der Waals surface area contributed by atoms with Gasteiger partial charge in [-0.3, -0.25) is 0 Å². The van der Waals surface area contributed by atoms with Crippen molar-refractivity contribution in [3.8, 4) is 0 Å². The van der Waals surface area contributed by atoms with Gasteiger partial charge in [-0.25, -0.2) is 0 Å². The highest BCUT2D eigenvalue weighted by Gasteiger charge is 2.67. The van der Waals surface area contributed by atoms with Crippen LogP contribution in [0.1, 0.15) is 51.9 Å². The molecule has 0 radical (unpaired) electrons. The van der Waals surface area contributed by atoms with E-state index in [1.54, 1.807) is 0 Å². The van der Waals surface area contributed by atoms with Crippen molar-refractivity contribution in [3.05, 3.63) is 33.7 Å². The molecule has 2 saturated carbocycles. The minimum Gasteiger partial charge on any atom is -0.393 e. The monoisotopic (exact) mass is 343 g/mol. The van der Waals surface area contributed by atoms with E-state index in [4.69, 9.17) is 10.3 Å². The third-order valence-electron chi connectivity index (χ3n) is 7.94. The number of hydrogen-bond acceptors (Lipinski definition) is 4. The van der Waals surface area contributed by atoms with Crippen LogP contribution in [0.2, 0.25) is 0 Å². The molecule has 2 aliphatic heterocycles. The fourth-order valence-electron chi connectivity index (χ4n) is 6.58. The van der Waals surface area contributed by atoms with Gasteiger partial charge in [0.05, 0.1) is 29.5 Å². The lowest BCUT2D eigenvalue weighted by Gasteiger charge is -2.55. The Bertz CT molecular complexity index is 742. The van der Waals surface area contributed by atoms with E-state index < -0.39 is 17.7 Å². The Morgan fingerprint density at radius 1 is 1.28 bits per heavy atom. The minimum atomic E-state index is -0.743. The average Bonchev–Trinajstić information content (AvgIpc) is 3.06. The Hall–Kier alpha value is -1.33. The van der Waals surface area contributed by atoms with Gasteiger partial charge in [0, 0.05) is 4.91 Å². The topological polar surface area (TPSA) is 98.5 Å². The predicted octanol–water partition coefficient (Wildman–Crippen LogP) is 3.16. The number of aliphatic hydroxyl groups is 2. The first-order valence-corrected chi connectivity index (χ1v) is 9.47. The lowest BCUT2D eigenvalue weighted by molar-refractivity contribution is -0.153. The highest BCUT2D eigenvalue weighted by atomic mass is 16.5. The van der Waals surface area contributed by atoms with Gasteiger partial charge in [0.1, 0.15) is 0 Å². The second-order valence-electron chi connectivity index (χ2n) is 8.90. The number of hydrogen-bond donors (Lipinski definition) is 2. The predicted molar refractivity (Wildman–Crippen MR) is 91.6 cm³/mol. The molecule has 3 fully saturated rings. The van der Waals surface area contributed by atoms with E-state index >= 15 is 0 Å². The molecule has 3 aliphatic carbocycles. The molecular weight excluding hydrogens is 318 g/mol. The molecule has 0 aromatic rings. The van der Waals surface area contributed by atoms with Gasteiger partial charge < -0.3 is 14.9 Å². The fourth-order valence-corrected chi connectivity index (χ4v) is 6.58. The second kappa shape index (κ2) is 4.89. The molecular formula is C19H25N3O3. The molecule has 0 unspecified atom stereocenters. The van der Waals surface area contributed by atoms with Crippen LogP contribution in [-0.2, 0) is 4.74 Å². The Labute approximate surface area is 147 Å². The highest BCUT2D eigenvalue weighted by Crippen LogP contribution is 2.67. The maximum atomic E-state index is 10.6. The molecule has 5 rings (SSSR count). The first-order chi connectivity index (χ1) is 11.9. The van der Waals surface area contributed by atoms with Crippen molar-refractivity contribution < 1.29 is 14.9 Å². The van der Waals surface area contributed by atoms with Crippen molar-refractivity contribution in [3.63, 3.8) is 0 Å². The average molecular weight is 343 g/mol. The van der Waals surface area contributed by atoms with Gasteiger partial charge in [0.2, 0.25) is 0 Å². The summed E-state index contributed by atoms with van der Waals surface area (Å²) in [5, 5.41) is 24.7. The largest absolute Gasteiger partial charge is 0.393 e. The van der Waals surface area contributed by atoms with Crippen molar-refractivity contribution in [1.82, 2.24) is 0 Å². The van der Waals surface area contributed by atoms with Gasteiger partial charge in [0.25, 0.3) is 0 Å². The number of ether oxygens (including phenoxy) is 1. The van der Waals surface area contributed by atoms with Crippen LogP contribution in [0.25, 0.3) is 10.4 Å². The van der Waals surface area contributed by atoms with E-state index in [0.29, 0.717) is 12.3 Å². The Kier molecular flexibility index (Phi) is 3.11. The van der Waals surface area contributed by atoms with Crippen molar-refractivity contribution in [2.24, 2.45) is 16.4 Å². The summed E-state index contributed by atoms with van der Waals surface area (Å²) in [4.78, 5) is 2.91. The molecule has 7 atom stereocenters. The van der Waals surface area contributed by atoms with Gasteiger partial charge in [0.15, 0.2) is 0 Å². The molecule has 25 heavy (non-hydrogen) atoms. The third kappa shape index (κ3) is 1.83. The summed E-state index contributed by atoms with van der Waals surface area (Å²) < 4.78 is 6.89. The number of rotatable bonds is 1. The van der Waals surface area contributed by atoms with Crippen molar-refractivity contribution in [1.29, 1.82) is 0 Å². The Balaban J connectivity index is 1.61. The molecule has 2 N–H and O–H groups in total. The zero-order valence-electron chi connectivity index (χ0n) is 14.6. The molecule has 134 valence electrons. The number of azide groups is 1. The molecule has 6 nitrogen and oxygen atoms in total. The maximum absolute atomic E-state index is 10.6. The van der Waals surface area contributed by atoms with Crippen molar-refractivity contribution in [2.45, 2.75) is 81.3 Å². The summed E-state index contributed by atoms with van der Waals surface area (Å²) in [6, 6.07) is -0.469. The molecule has 0 aromatic heterocycles. The molecule has 2 spiro atoms. The minimum absolute atomic E-state index is 0.0670. The molecule has 2 bridgehead atoms. The van der Waals surface area contributed by atoms with E-state index in [9.17, 15) is 10.2 Å². The standard InChI is InChI=1S/C19H25N3O3/c1-17-5-4-11-8-12-9-14(23)13(21-22-20)10-18(12)6-7-19(11,25-18)15(17)2-3-16(17)24/h8-9,13-16,23-24H,2-7,10H2,1H3/t13-,14-,15+,16-,17-,18+,19+/m0/s1. The zero-order valence-corrected chi connectivity index (χ0v) is 14.6. The molecule has 0 aromatic carbocycles. The van der Waals surface area contributed by atoms with Gasteiger partial charge in [-0.15, -0.1) is 0 Å². The van der Waals surface area contributed by atoms with Crippen LogP contribution in [0.15, 0.2) is 28.4 Å². The SMILES string of the molecule is C[C@]12CCC3=CC4=C[C@H](O)[C@@H](N=[N+]=[N-])C[C@]45CC[C@]3(O5)[C@@H]1CC[C@@H]2O. The van der Waals surface area contributed by atoms with Crippen LogP contribution in [-0.4, -0.2) is 39.7 Å². The third-order valence-corrected chi connectivity index (χ3v) is 7.94. The maximum Gasteiger partial charge on any atom is 0.0947 e. The number of aliphatic hydroxyl groups excluding tert-OH is 2. The van der Waals surface area contributed by atoms with Gasteiger partial charge in [-0.2, -0.15) is 0 Å². The molecule has 0 amide bonds. The molecule has 6 heteroatoms. The summed E-state index contributed by atoms with van der Waals surface area (Å²) in [6.07, 6.45) is 9.32. The summed E-state index contributed by atoms with van der Waals surface area (Å²) in [6.45, 7) is 2.23. The second-order valence-corrected chi connectivity index (χ2v) is 8.90. The molecule has 2 heterocycles. The van der Waals surface area contributed by atoms with Crippen LogP contribution in [0.5, 0.6) is 0 Å². The quantitative estimate of drug-likeness (QED) is 0.434. The van der Waals surface area contributed by atoms with Crippen LogP contribution in [0, 0.1) is 11.3 Å². The first kappa shape index (κ1) is 15.9. The summed E-state index contributed by atoms with van der Waals surface area (Å²) >= 11 is 0. The Morgan fingerprint density at radius 3 is 2.92 bits per heavy atom. The fraction of sp³-hybridized carbons (Fsp3) is 0.789. The first-order valence-electron chi connectivity index (χ1n) is 9.47. The van der Waals surface area contributed by atoms with Crippen molar-refractivity contribution >= 4 is 0 Å².